The fourth-order valence-electron chi connectivity index (χ4n) is 1.64. The number of hydrogen-bond acceptors (Lipinski definition) is 3. The first-order valence-corrected chi connectivity index (χ1v) is 6.13. The summed E-state index contributed by atoms with van der Waals surface area (Å²) >= 11 is 0. The topological polar surface area (TPSA) is 41.5 Å². The van der Waals surface area contributed by atoms with Gasteiger partial charge in [-0.25, -0.2) is 0 Å². The second-order valence-corrected chi connectivity index (χ2v) is 4.76. The van der Waals surface area contributed by atoms with Crippen LogP contribution in [0.15, 0.2) is 24.3 Å². The predicted octanol–water partition coefficient (Wildman–Crippen LogP) is 1.84. The Kier molecular flexibility index (Phi) is 6.01. The zero-order valence-electron chi connectivity index (χ0n) is 10.9. The molecule has 17 heavy (non-hydrogen) atoms. The lowest BCUT2D eigenvalue weighted by molar-refractivity contribution is 0.170. The van der Waals surface area contributed by atoms with Crippen LogP contribution in [0.1, 0.15) is 19.4 Å². The van der Waals surface area contributed by atoms with Gasteiger partial charge in [0.2, 0.25) is 0 Å². The van der Waals surface area contributed by atoms with E-state index in [1.165, 1.54) is 0 Å². The lowest BCUT2D eigenvalue weighted by atomic mass is 10.1. The molecule has 0 saturated heterocycles. The predicted molar refractivity (Wildman–Crippen MR) is 70.4 cm³/mol. The van der Waals surface area contributed by atoms with Gasteiger partial charge in [0.25, 0.3) is 0 Å². The van der Waals surface area contributed by atoms with Gasteiger partial charge in [-0.3, -0.25) is 0 Å². The van der Waals surface area contributed by atoms with Crippen LogP contribution in [0.4, 0.5) is 0 Å². The summed E-state index contributed by atoms with van der Waals surface area (Å²) in [6, 6.07) is 7.82. The lowest BCUT2D eigenvalue weighted by Crippen LogP contribution is -2.30. The minimum Gasteiger partial charge on any atom is -0.497 e. The maximum atomic E-state index is 9.85. The van der Waals surface area contributed by atoms with Crippen molar-refractivity contribution in [3.8, 4) is 5.75 Å². The van der Waals surface area contributed by atoms with E-state index in [4.69, 9.17) is 4.74 Å². The van der Waals surface area contributed by atoms with Gasteiger partial charge < -0.3 is 15.2 Å². The van der Waals surface area contributed by atoms with Crippen LogP contribution in [0.5, 0.6) is 5.75 Å². The number of hydrogen-bond donors (Lipinski definition) is 2. The van der Waals surface area contributed by atoms with E-state index in [1.54, 1.807) is 7.11 Å². The highest BCUT2D eigenvalue weighted by Gasteiger charge is 2.05. The van der Waals surface area contributed by atoms with E-state index in [-0.39, 0.29) is 6.10 Å². The molecule has 0 aliphatic carbocycles. The normalized spacial score (nSPS) is 12.8. The van der Waals surface area contributed by atoms with E-state index in [2.05, 4.69) is 19.2 Å². The molecule has 0 amide bonds. The number of ether oxygens (including phenoxy) is 1. The van der Waals surface area contributed by atoms with E-state index >= 15 is 0 Å². The van der Waals surface area contributed by atoms with Crippen LogP contribution in [0.3, 0.4) is 0 Å². The van der Waals surface area contributed by atoms with Crippen molar-refractivity contribution in [3.05, 3.63) is 29.8 Å². The third kappa shape index (κ3) is 5.71. The van der Waals surface area contributed by atoms with Crippen LogP contribution in [-0.4, -0.2) is 31.4 Å². The Morgan fingerprint density at radius 1 is 1.18 bits per heavy atom. The van der Waals surface area contributed by atoms with Crippen molar-refractivity contribution in [2.45, 2.75) is 26.4 Å². The molecule has 1 aromatic rings. The molecule has 96 valence electrons. The molecule has 2 N–H and O–H groups in total. The van der Waals surface area contributed by atoms with Crippen LogP contribution in [0.2, 0.25) is 0 Å². The van der Waals surface area contributed by atoms with Crippen molar-refractivity contribution >= 4 is 0 Å². The van der Waals surface area contributed by atoms with Crippen molar-refractivity contribution in [1.29, 1.82) is 0 Å². The molecule has 0 radical (unpaired) electrons. The molecule has 0 fully saturated rings. The van der Waals surface area contributed by atoms with Gasteiger partial charge in [-0.1, -0.05) is 26.0 Å². The summed E-state index contributed by atoms with van der Waals surface area (Å²) in [7, 11) is 1.65. The van der Waals surface area contributed by atoms with Gasteiger partial charge in [0, 0.05) is 6.54 Å². The van der Waals surface area contributed by atoms with Crippen molar-refractivity contribution in [2.24, 2.45) is 5.92 Å². The van der Waals surface area contributed by atoms with Crippen molar-refractivity contribution in [1.82, 2.24) is 5.32 Å². The van der Waals surface area contributed by atoms with E-state index in [9.17, 15) is 5.11 Å². The SMILES string of the molecule is COc1ccc(CC(O)CNCC(C)C)cc1. The highest BCUT2D eigenvalue weighted by atomic mass is 16.5. The second-order valence-electron chi connectivity index (χ2n) is 4.76. The first kappa shape index (κ1) is 14.0. The Bertz CT molecular complexity index is 309. The molecule has 1 atom stereocenters. The molecule has 1 aromatic carbocycles. The Morgan fingerprint density at radius 3 is 2.35 bits per heavy atom. The first-order valence-electron chi connectivity index (χ1n) is 6.13. The zero-order valence-corrected chi connectivity index (χ0v) is 10.9. The third-order valence-electron chi connectivity index (χ3n) is 2.56. The Morgan fingerprint density at radius 2 is 1.82 bits per heavy atom. The van der Waals surface area contributed by atoms with Gasteiger partial charge in [-0.05, 0) is 36.6 Å². The molecule has 0 saturated carbocycles. The summed E-state index contributed by atoms with van der Waals surface area (Å²) in [5, 5.41) is 13.1. The summed E-state index contributed by atoms with van der Waals surface area (Å²) in [6.07, 6.45) is 0.344. The quantitative estimate of drug-likeness (QED) is 0.760. The number of rotatable bonds is 7. The standard InChI is InChI=1S/C14H23NO2/c1-11(2)9-15-10-13(16)8-12-4-6-14(17-3)7-5-12/h4-7,11,13,15-16H,8-10H2,1-3H3. The maximum Gasteiger partial charge on any atom is 0.118 e. The second kappa shape index (κ2) is 7.30. The largest absolute Gasteiger partial charge is 0.497 e. The molecule has 0 aliphatic rings. The molecule has 0 aliphatic heterocycles. The van der Waals surface area contributed by atoms with Gasteiger partial charge in [0.15, 0.2) is 0 Å². The summed E-state index contributed by atoms with van der Waals surface area (Å²) < 4.78 is 5.09. The van der Waals surface area contributed by atoms with Crippen LogP contribution >= 0.6 is 0 Å². The van der Waals surface area contributed by atoms with E-state index in [1.807, 2.05) is 24.3 Å². The molecule has 0 bridgehead atoms. The Hall–Kier alpha value is -1.06. The number of aliphatic hydroxyl groups is 1. The number of benzene rings is 1. The fourth-order valence-corrected chi connectivity index (χ4v) is 1.64. The van der Waals surface area contributed by atoms with Crippen LogP contribution in [-0.2, 0) is 6.42 Å². The third-order valence-corrected chi connectivity index (χ3v) is 2.56. The summed E-state index contributed by atoms with van der Waals surface area (Å²) in [4.78, 5) is 0. The Balaban J connectivity index is 2.31. The molecular weight excluding hydrogens is 214 g/mol. The highest BCUT2D eigenvalue weighted by Crippen LogP contribution is 2.12. The summed E-state index contributed by atoms with van der Waals surface area (Å²) in [5.74, 6) is 1.46. The van der Waals surface area contributed by atoms with Crippen LogP contribution < -0.4 is 10.1 Å². The minimum atomic E-state index is -0.331. The van der Waals surface area contributed by atoms with Gasteiger partial charge in [0.05, 0.1) is 13.2 Å². The average Bonchev–Trinajstić information content (AvgIpc) is 2.29. The van der Waals surface area contributed by atoms with Crippen molar-refractivity contribution in [2.75, 3.05) is 20.2 Å². The Labute approximate surface area is 104 Å². The van der Waals surface area contributed by atoms with Gasteiger partial charge in [-0.15, -0.1) is 0 Å². The summed E-state index contributed by atoms with van der Waals surface area (Å²) in [6.45, 7) is 5.90. The number of aliphatic hydroxyl groups excluding tert-OH is 1. The van der Waals surface area contributed by atoms with Gasteiger partial charge in [0.1, 0.15) is 5.75 Å². The lowest BCUT2D eigenvalue weighted by Gasteiger charge is -2.13. The van der Waals surface area contributed by atoms with Crippen molar-refractivity contribution < 1.29 is 9.84 Å². The molecule has 3 nitrogen and oxygen atoms in total. The molecule has 0 spiro atoms. The highest BCUT2D eigenvalue weighted by molar-refractivity contribution is 5.27. The van der Waals surface area contributed by atoms with Gasteiger partial charge >= 0.3 is 0 Å². The molecule has 0 heterocycles. The fraction of sp³-hybridized carbons (Fsp3) is 0.571. The first-order chi connectivity index (χ1) is 8.11. The molecular formula is C14H23NO2. The van der Waals surface area contributed by atoms with Crippen LogP contribution in [0, 0.1) is 5.92 Å². The summed E-state index contributed by atoms with van der Waals surface area (Å²) in [5.41, 5.74) is 1.13. The molecule has 3 heteroatoms. The smallest absolute Gasteiger partial charge is 0.118 e. The average molecular weight is 237 g/mol. The van der Waals surface area contributed by atoms with Crippen molar-refractivity contribution in [3.63, 3.8) is 0 Å². The van der Waals surface area contributed by atoms with Gasteiger partial charge in [-0.2, -0.15) is 0 Å². The van der Waals surface area contributed by atoms with E-state index in [0.717, 1.165) is 17.9 Å². The number of nitrogens with one attached hydrogen (secondary N) is 1. The molecule has 0 aromatic heterocycles. The monoisotopic (exact) mass is 237 g/mol. The van der Waals surface area contributed by atoms with E-state index < -0.39 is 0 Å². The number of methoxy groups -OCH3 is 1. The van der Waals surface area contributed by atoms with Crippen LogP contribution in [0.25, 0.3) is 0 Å². The minimum absolute atomic E-state index is 0.331. The maximum absolute atomic E-state index is 9.85. The molecule has 1 rings (SSSR count). The zero-order chi connectivity index (χ0) is 12.7. The molecule has 1 unspecified atom stereocenters. The van der Waals surface area contributed by atoms with E-state index in [0.29, 0.717) is 18.9 Å².